The van der Waals surface area contributed by atoms with Crippen LogP contribution >= 0.6 is 0 Å². The van der Waals surface area contributed by atoms with Crippen molar-refractivity contribution in [2.24, 2.45) is 0 Å². The van der Waals surface area contributed by atoms with Crippen molar-refractivity contribution in [3.8, 4) is 16.9 Å². The molecule has 0 spiro atoms. The predicted octanol–water partition coefficient (Wildman–Crippen LogP) is 5.42. The summed E-state index contributed by atoms with van der Waals surface area (Å²) in [6.45, 7) is 2.04. The summed E-state index contributed by atoms with van der Waals surface area (Å²) in [5.74, 6) is -1.27. The number of pyridine rings is 1. The Kier molecular flexibility index (Phi) is 5.92. The summed E-state index contributed by atoms with van der Waals surface area (Å²) in [5, 5.41) is 12.4. The quantitative estimate of drug-likeness (QED) is 0.488. The number of para-hydroxylation sites is 1. The molecular formula is C23H21F3N4O3. The largest absolute Gasteiger partial charge is 0.481 e. The number of hydrogen-bond acceptors (Lipinski definition) is 6. The molecule has 1 aliphatic carbocycles. The molecule has 2 heterocycles. The van der Waals surface area contributed by atoms with Crippen LogP contribution < -0.4 is 10.1 Å². The molecule has 0 radical (unpaired) electrons. The van der Waals surface area contributed by atoms with Crippen molar-refractivity contribution in [3.05, 3.63) is 59.3 Å². The smallest absolute Gasteiger partial charge is 0.422 e. The lowest BCUT2D eigenvalue weighted by Crippen LogP contribution is -2.20. The van der Waals surface area contributed by atoms with E-state index in [1.807, 2.05) is 6.92 Å². The van der Waals surface area contributed by atoms with Crippen LogP contribution in [0.25, 0.3) is 11.1 Å². The maximum atomic E-state index is 13.0. The number of halogens is 3. The van der Waals surface area contributed by atoms with Gasteiger partial charge in [0.1, 0.15) is 0 Å². The topological polar surface area (TPSA) is 97.2 Å². The number of aryl methyl sites for hydroxylation is 2. The van der Waals surface area contributed by atoms with Crippen molar-refractivity contribution in [3.63, 3.8) is 0 Å². The van der Waals surface area contributed by atoms with Crippen LogP contribution in [0.5, 0.6) is 5.75 Å². The fraction of sp³-hybridized carbons (Fsp3) is 0.304. The lowest BCUT2D eigenvalue weighted by atomic mass is 10.0. The van der Waals surface area contributed by atoms with Crippen LogP contribution in [0.15, 0.2) is 36.5 Å². The average molecular weight is 458 g/mol. The Hall–Kier alpha value is -3.69. The average Bonchev–Trinajstić information content (AvgIpc) is 3.58. The molecule has 0 aliphatic heterocycles. The molecular weight excluding hydrogens is 437 g/mol. The van der Waals surface area contributed by atoms with Crippen LogP contribution in [0.4, 0.5) is 24.7 Å². The number of hydrogen-bond donors (Lipinski definition) is 2. The van der Waals surface area contributed by atoms with Crippen LogP contribution in [0.1, 0.15) is 46.3 Å². The van der Waals surface area contributed by atoms with Gasteiger partial charge in [0.15, 0.2) is 23.9 Å². The minimum Gasteiger partial charge on any atom is -0.481 e. The molecule has 4 rings (SSSR count). The van der Waals surface area contributed by atoms with Gasteiger partial charge in [-0.25, -0.2) is 14.8 Å². The Bertz CT molecular complexity index is 1210. The molecule has 1 aromatic carbocycles. The molecule has 7 nitrogen and oxygen atoms in total. The van der Waals surface area contributed by atoms with Gasteiger partial charge >= 0.3 is 12.1 Å². The third-order valence-corrected chi connectivity index (χ3v) is 5.15. The zero-order valence-electron chi connectivity index (χ0n) is 17.9. The van der Waals surface area contributed by atoms with E-state index >= 15 is 0 Å². The number of rotatable bonds is 7. The van der Waals surface area contributed by atoms with E-state index in [2.05, 4.69) is 20.3 Å². The van der Waals surface area contributed by atoms with Crippen molar-refractivity contribution < 1.29 is 27.8 Å². The molecule has 0 unspecified atom stereocenters. The second-order valence-electron chi connectivity index (χ2n) is 7.87. The van der Waals surface area contributed by atoms with Gasteiger partial charge < -0.3 is 15.2 Å². The van der Waals surface area contributed by atoms with E-state index in [1.165, 1.54) is 12.3 Å². The number of nitrogens with one attached hydrogen (secondary N) is 1. The molecule has 33 heavy (non-hydrogen) atoms. The molecule has 0 bridgehead atoms. The molecule has 0 amide bonds. The number of aromatic nitrogens is 3. The third-order valence-electron chi connectivity index (χ3n) is 5.15. The Morgan fingerprint density at radius 2 is 1.91 bits per heavy atom. The van der Waals surface area contributed by atoms with E-state index in [1.54, 1.807) is 31.2 Å². The van der Waals surface area contributed by atoms with Crippen LogP contribution in [-0.2, 0) is 0 Å². The lowest BCUT2D eigenvalue weighted by Gasteiger charge is -2.19. The number of carboxylic acid groups (broad SMARTS) is 1. The minimum atomic E-state index is -4.57. The summed E-state index contributed by atoms with van der Waals surface area (Å²) in [5.41, 5.74) is 2.77. The monoisotopic (exact) mass is 458 g/mol. The standard InChI is InChI=1S/C23H21F3N4O3/c1-12-6-9-15(13(2)28-12)16-4-3-5-17(20(16)33-11-23(24,25)26)30-21-19(22(31)32)29-18(10-27-21)14-7-8-14/h3-6,9-10,14H,7-8,11H2,1-2H3,(H,27,30)(H,31,32). The Morgan fingerprint density at radius 3 is 2.55 bits per heavy atom. The first-order valence-electron chi connectivity index (χ1n) is 10.3. The summed E-state index contributed by atoms with van der Waals surface area (Å²) >= 11 is 0. The van der Waals surface area contributed by atoms with Crippen molar-refractivity contribution in [1.82, 2.24) is 15.0 Å². The number of alkyl halides is 3. The maximum Gasteiger partial charge on any atom is 0.422 e. The fourth-order valence-electron chi connectivity index (χ4n) is 3.47. The van der Waals surface area contributed by atoms with Crippen LogP contribution in [-0.4, -0.2) is 38.8 Å². The van der Waals surface area contributed by atoms with Crippen LogP contribution in [0.2, 0.25) is 0 Å². The van der Waals surface area contributed by atoms with Crippen molar-refractivity contribution in [2.75, 3.05) is 11.9 Å². The van der Waals surface area contributed by atoms with E-state index in [9.17, 15) is 23.1 Å². The van der Waals surface area contributed by atoms with Gasteiger partial charge in [-0.1, -0.05) is 18.2 Å². The summed E-state index contributed by atoms with van der Waals surface area (Å²) in [4.78, 5) is 24.6. The van der Waals surface area contributed by atoms with Crippen molar-refractivity contribution >= 4 is 17.5 Å². The number of benzene rings is 1. The molecule has 10 heteroatoms. The zero-order valence-corrected chi connectivity index (χ0v) is 17.9. The molecule has 0 atom stereocenters. The number of aromatic carboxylic acids is 1. The van der Waals surface area contributed by atoms with Gasteiger partial charge in [-0.15, -0.1) is 0 Å². The molecule has 1 fully saturated rings. The molecule has 1 aliphatic rings. The highest BCUT2D eigenvalue weighted by atomic mass is 19.4. The Labute approximate surface area is 187 Å². The fourth-order valence-corrected chi connectivity index (χ4v) is 3.47. The first-order chi connectivity index (χ1) is 15.6. The van der Waals surface area contributed by atoms with Gasteiger partial charge in [0, 0.05) is 28.4 Å². The zero-order chi connectivity index (χ0) is 23.8. The SMILES string of the molecule is Cc1ccc(-c2cccc(Nc3ncc(C4CC4)nc3C(=O)O)c2OCC(F)(F)F)c(C)n1. The van der Waals surface area contributed by atoms with E-state index in [0.717, 1.165) is 18.5 Å². The van der Waals surface area contributed by atoms with E-state index < -0.39 is 18.8 Å². The van der Waals surface area contributed by atoms with Crippen LogP contribution in [0, 0.1) is 13.8 Å². The lowest BCUT2D eigenvalue weighted by molar-refractivity contribution is -0.153. The second kappa shape index (κ2) is 8.68. The summed E-state index contributed by atoms with van der Waals surface area (Å²) in [6.07, 6.45) is -1.24. The van der Waals surface area contributed by atoms with Gasteiger partial charge in [-0.05, 0) is 38.8 Å². The van der Waals surface area contributed by atoms with E-state index in [-0.39, 0.29) is 28.9 Å². The van der Waals surface area contributed by atoms with Gasteiger partial charge in [0.2, 0.25) is 0 Å². The van der Waals surface area contributed by atoms with E-state index in [4.69, 9.17) is 4.74 Å². The number of ether oxygens (including phenoxy) is 1. The first-order valence-corrected chi connectivity index (χ1v) is 10.3. The summed E-state index contributed by atoms with van der Waals surface area (Å²) in [6, 6.07) is 8.25. The number of nitrogens with zero attached hydrogens (tertiary/aromatic N) is 3. The molecule has 2 aromatic heterocycles. The summed E-state index contributed by atoms with van der Waals surface area (Å²) < 4.78 is 44.2. The van der Waals surface area contributed by atoms with Crippen molar-refractivity contribution in [2.45, 2.75) is 38.8 Å². The predicted molar refractivity (Wildman–Crippen MR) is 115 cm³/mol. The normalized spacial score (nSPS) is 13.6. The molecule has 2 N–H and O–H groups in total. The van der Waals surface area contributed by atoms with Gasteiger partial charge in [-0.3, -0.25) is 4.98 Å². The van der Waals surface area contributed by atoms with Crippen LogP contribution in [0.3, 0.4) is 0 Å². The Balaban J connectivity index is 1.78. The van der Waals surface area contributed by atoms with Gasteiger partial charge in [0.25, 0.3) is 0 Å². The maximum absolute atomic E-state index is 13.0. The highest BCUT2D eigenvalue weighted by Crippen LogP contribution is 2.41. The molecule has 3 aromatic rings. The van der Waals surface area contributed by atoms with Crippen molar-refractivity contribution in [1.29, 1.82) is 0 Å². The third kappa shape index (κ3) is 5.21. The minimum absolute atomic E-state index is 0.0836. The molecule has 172 valence electrons. The van der Waals surface area contributed by atoms with Gasteiger partial charge in [-0.2, -0.15) is 13.2 Å². The molecule has 0 saturated heterocycles. The first kappa shape index (κ1) is 22.5. The number of carboxylic acids is 1. The van der Waals surface area contributed by atoms with E-state index in [0.29, 0.717) is 22.5 Å². The molecule has 1 saturated carbocycles. The number of carbonyl (C=O) groups is 1. The highest BCUT2D eigenvalue weighted by molar-refractivity contribution is 5.92. The number of anilines is 2. The Morgan fingerprint density at radius 1 is 1.15 bits per heavy atom. The highest BCUT2D eigenvalue weighted by Gasteiger charge is 2.31. The summed E-state index contributed by atoms with van der Waals surface area (Å²) in [7, 11) is 0. The second-order valence-corrected chi connectivity index (χ2v) is 7.87. The van der Waals surface area contributed by atoms with Gasteiger partial charge in [0.05, 0.1) is 17.6 Å².